The predicted octanol–water partition coefficient (Wildman–Crippen LogP) is 4.24. The average Bonchev–Trinajstić information content (AvgIpc) is 3.08. The SMILES string of the molecule is Cc1cc(Cl)ccc1C(O)Cc1ccn(C2CCCC2)n1. The lowest BCUT2D eigenvalue weighted by atomic mass is 10.0. The summed E-state index contributed by atoms with van der Waals surface area (Å²) in [5, 5.41) is 15.8. The third-order valence-corrected chi connectivity index (χ3v) is 4.59. The van der Waals surface area contributed by atoms with E-state index in [1.54, 1.807) is 0 Å². The summed E-state index contributed by atoms with van der Waals surface area (Å²) in [4.78, 5) is 0. The van der Waals surface area contributed by atoms with Gasteiger partial charge in [0.05, 0.1) is 17.8 Å². The first-order chi connectivity index (χ1) is 10.1. The van der Waals surface area contributed by atoms with Crippen molar-refractivity contribution < 1.29 is 5.11 Å². The number of aliphatic hydroxyl groups excluding tert-OH is 1. The molecule has 1 aromatic carbocycles. The van der Waals surface area contributed by atoms with Crippen molar-refractivity contribution in [2.24, 2.45) is 0 Å². The van der Waals surface area contributed by atoms with Gasteiger partial charge in [-0.1, -0.05) is 30.5 Å². The molecule has 0 radical (unpaired) electrons. The zero-order chi connectivity index (χ0) is 14.8. The molecule has 1 aromatic heterocycles. The zero-order valence-electron chi connectivity index (χ0n) is 12.3. The fourth-order valence-electron chi connectivity index (χ4n) is 3.18. The molecule has 0 spiro atoms. The molecule has 1 aliphatic rings. The lowest BCUT2D eigenvalue weighted by molar-refractivity contribution is 0.176. The Morgan fingerprint density at radius 1 is 1.33 bits per heavy atom. The highest BCUT2D eigenvalue weighted by atomic mass is 35.5. The van der Waals surface area contributed by atoms with Gasteiger partial charge in [0, 0.05) is 17.6 Å². The molecule has 1 aliphatic carbocycles. The molecule has 3 rings (SSSR count). The van der Waals surface area contributed by atoms with Crippen LogP contribution in [0.3, 0.4) is 0 Å². The van der Waals surface area contributed by atoms with Crippen LogP contribution in [0, 0.1) is 6.92 Å². The number of aromatic nitrogens is 2. The van der Waals surface area contributed by atoms with Crippen LogP contribution in [-0.4, -0.2) is 14.9 Å². The van der Waals surface area contributed by atoms with Crippen LogP contribution >= 0.6 is 11.6 Å². The Bertz CT molecular complexity index is 617. The summed E-state index contributed by atoms with van der Waals surface area (Å²) in [6, 6.07) is 8.18. The number of halogens is 1. The molecule has 2 aromatic rings. The molecule has 1 atom stereocenters. The first-order valence-corrected chi connectivity index (χ1v) is 7.99. The molecule has 1 N–H and O–H groups in total. The first kappa shape index (κ1) is 14.6. The molecule has 112 valence electrons. The molecule has 1 unspecified atom stereocenters. The molecular formula is C17H21ClN2O. The zero-order valence-corrected chi connectivity index (χ0v) is 13.1. The van der Waals surface area contributed by atoms with Crippen LogP contribution in [0.2, 0.25) is 5.02 Å². The number of rotatable bonds is 4. The predicted molar refractivity (Wildman–Crippen MR) is 84.6 cm³/mol. The van der Waals surface area contributed by atoms with Crippen LogP contribution in [0.5, 0.6) is 0 Å². The Balaban J connectivity index is 1.70. The van der Waals surface area contributed by atoms with Gasteiger partial charge in [0.15, 0.2) is 0 Å². The highest BCUT2D eigenvalue weighted by Crippen LogP contribution is 2.29. The van der Waals surface area contributed by atoms with Crippen molar-refractivity contribution in [2.75, 3.05) is 0 Å². The van der Waals surface area contributed by atoms with E-state index < -0.39 is 6.10 Å². The highest BCUT2D eigenvalue weighted by Gasteiger charge is 2.19. The Morgan fingerprint density at radius 2 is 2.10 bits per heavy atom. The second kappa shape index (κ2) is 6.20. The monoisotopic (exact) mass is 304 g/mol. The lowest BCUT2D eigenvalue weighted by Crippen LogP contribution is -2.08. The third kappa shape index (κ3) is 3.30. The van der Waals surface area contributed by atoms with Gasteiger partial charge < -0.3 is 5.11 Å². The first-order valence-electron chi connectivity index (χ1n) is 7.61. The van der Waals surface area contributed by atoms with Gasteiger partial charge in [0.2, 0.25) is 0 Å². The van der Waals surface area contributed by atoms with Crippen LogP contribution < -0.4 is 0 Å². The van der Waals surface area contributed by atoms with E-state index in [0.29, 0.717) is 17.5 Å². The van der Waals surface area contributed by atoms with E-state index in [2.05, 4.69) is 9.78 Å². The van der Waals surface area contributed by atoms with Crippen molar-refractivity contribution in [3.63, 3.8) is 0 Å². The molecule has 0 aliphatic heterocycles. The van der Waals surface area contributed by atoms with Crippen molar-refractivity contribution >= 4 is 11.6 Å². The summed E-state index contributed by atoms with van der Waals surface area (Å²) in [5.41, 5.74) is 2.89. The van der Waals surface area contributed by atoms with E-state index in [4.69, 9.17) is 11.6 Å². The average molecular weight is 305 g/mol. The number of nitrogens with zero attached hydrogens (tertiary/aromatic N) is 2. The van der Waals surface area contributed by atoms with E-state index in [0.717, 1.165) is 16.8 Å². The van der Waals surface area contributed by atoms with E-state index in [1.807, 2.05) is 37.4 Å². The van der Waals surface area contributed by atoms with Gasteiger partial charge in [0.25, 0.3) is 0 Å². The molecule has 1 saturated carbocycles. The van der Waals surface area contributed by atoms with Crippen LogP contribution in [0.4, 0.5) is 0 Å². The minimum absolute atomic E-state index is 0.533. The van der Waals surface area contributed by atoms with E-state index >= 15 is 0 Å². The molecule has 21 heavy (non-hydrogen) atoms. The van der Waals surface area contributed by atoms with Crippen molar-refractivity contribution in [3.05, 3.63) is 52.3 Å². The highest BCUT2D eigenvalue weighted by molar-refractivity contribution is 6.30. The summed E-state index contributed by atoms with van der Waals surface area (Å²) in [7, 11) is 0. The van der Waals surface area contributed by atoms with Crippen molar-refractivity contribution in [3.8, 4) is 0 Å². The smallest absolute Gasteiger partial charge is 0.0848 e. The van der Waals surface area contributed by atoms with Gasteiger partial charge in [-0.15, -0.1) is 0 Å². The molecule has 1 fully saturated rings. The second-order valence-electron chi connectivity index (χ2n) is 5.95. The van der Waals surface area contributed by atoms with E-state index in [9.17, 15) is 5.11 Å². The molecule has 3 nitrogen and oxygen atoms in total. The number of hydrogen-bond acceptors (Lipinski definition) is 2. The molecule has 4 heteroatoms. The molecule has 0 saturated heterocycles. The number of aliphatic hydroxyl groups is 1. The van der Waals surface area contributed by atoms with Gasteiger partial charge in [-0.05, 0) is 49.1 Å². The van der Waals surface area contributed by atoms with Gasteiger partial charge in [-0.2, -0.15) is 5.10 Å². The standard InChI is InChI=1S/C17H21ClN2O/c1-12-10-13(18)6-7-16(12)17(21)11-14-8-9-20(19-14)15-4-2-3-5-15/h6-10,15,17,21H,2-5,11H2,1H3. The van der Waals surface area contributed by atoms with E-state index in [-0.39, 0.29) is 0 Å². The van der Waals surface area contributed by atoms with Gasteiger partial charge in [-0.3, -0.25) is 4.68 Å². The minimum Gasteiger partial charge on any atom is -0.388 e. The quantitative estimate of drug-likeness (QED) is 0.917. The maximum absolute atomic E-state index is 10.4. The molecule has 0 amide bonds. The fraction of sp³-hybridized carbons (Fsp3) is 0.471. The normalized spacial score (nSPS) is 17.3. The topological polar surface area (TPSA) is 38.0 Å². The van der Waals surface area contributed by atoms with Crippen LogP contribution in [0.25, 0.3) is 0 Å². The Labute approximate surface area is 130 Å². The Kier molecular flexibility index (Phi) is 4.32. The Morgan fingerprint density at radius 3 is 2.81 bits per heavy atom. The third-order valence-electron chi connectivity index (χ3n) is 4.36. The summed E-state index contributed by atoms with van der Waals surface area (Å²) in [6.07, 6.45) is 7.10. The largest absolute Gasteiger partial charge is 0.388 e. The minimum atomic E-state index is -0.533. The molecule has 0 bridgehead atoms. The van der Waals surface area contributed by atoms with Crippen LogP contribution in [0.1, 0.15) is 54.6 Å². The van der Waals surface area contributed by atoms with E-state index in [1.165, 1.54) is 25.7 Å². The Hall–Kier alpha value is -1.32. The maximum atomic E-state index is 10.4. The van der Waals surface area contributed by atoms with Crippen molar-refractivity contribution in [2.45, 2.75) is 51.2 Å². The second-order valence-corrected chi connectivity index (χ2v) is 6.38. The number of aryl methyl sites for hydroxylation is 1. The summed E-state index contributed by atoms with van der Waals surface area (Å²) in [5.74, 6) is 0. The maximum Gasteiger partial charge on any atom is 0.0848 e. The molecule has 1 heterocycles. The lowest BCUT2D eigenvalue weighted by Gasteiger charge is -2.13. The van der Waals surface area contributed by atoms with Gasteiger partial charge in [0.1, 0.15) is 0 Å². The van der Waals surface area contributed by atoms with Gasteiger partial charge >= 0.3 is 0 Å². The van der Waals surface area contributed by atoms with Gasteiger partial charge in [-0.25, -0.2) is 0 Å². The van der Waals surface area contributed by atoms with Crippen molar-refractivity contribution in [1.82, 2.24) is 9.78 Å². The number of benzene rings is 1. The summed E-state index contributed by atoms with van der Waals surface area (Å²) < 4.78 is 2.07. The summed E-state index contributed by atoms with van der Waals surface area (Å²) in [6.45, 7) is 1.97. The van der Waals surface area contributed by atoms with Crippen LogP contribution in [-0.2, 0) is 6.42 Å². The molecular weight excluding hydrogens is 284 g/mol. The number of hydrogen-bond donors (Lipinski definition) is 1. The summed E-state index contributed by atoms with van der Waals surface area (Å²) >= 11 is 5.96. The van der Waals surface area contributed by atoms with Crippen molar-refractivity contribution in [1.29, 1.82) is 0 Å². The fourth-order valence-corrected chi connectivity index (χ4v) is 3.41. The van der Waals surface area contributed by atoms with Crippen LogP contribution in [0.15, 0.2) is 30.5 Å².